The summed E-state index contributed by atoms with van der Waals surface area (Å²) >= 11 is 0. The first-order chi connectivity index (χ1) is 4.95. The van der Waals surface area contributed by atoms with Gasteiger partial charge < -0.3 is 11.5 Å². The lowest BCUT2D eigenvalue weighted by Gasteiger charge is -2.24. The van der Waals surface area contributed by atoms with Gasteiger partial charge in [-0.15, -0.1) is 0 Å². The molecule has 4 N–H and O–H groups in total. The predicted octanol–water partition coefficient (Wildman–Crippen LogP) is 1.34. The second-order valence-electron chi connectivity index (χ2n) is 3.91. The summed E-state index contributed by atoms with van der Waals surface area (Å²) in [4.78, 5) is 0. The van der Waals surface area contributed by atoms with Crippen molar-refractivity contribution in [1.82, 2.24) is 0 Å². The van der Waals surface area contributed by atoms with Crippen LogP contribution in [0, 0.1) is 11.8 Å². The largest absolute Gasteiger partial charge is 0.328 e. The van der Waals surface area contributed by atoms with Crippen LogP contribution in [-0.4, -0.2) is 12.1 Å². The maximum atomic E-state index is 5.77. The molecule has 0 spiro atoms. The summed E-state index contributed by atoms with van der Waals surface area (Å²) in [6.45, 7) is 8.52. The Kier molecular flexibility index (Phi) is 4.69. The van der Waals surface area contributed by atoms with E-state index in [1.807, 2.05) is 6.92 Å². The van der Waals surface area contributed by atoms with E-state index < -0.39 is 0 Å². The average Bonchev–Trinajstić information content (AvgIpc) is 1.84. The summed E-state index contributed by atoms with van der Waals surface area (Å²) in [5.74, 6) is 1.20. The topological polar surface area (TPSA) is 52.0 Å². The van der Waals surface area contributed by atoms with Gasteiger partial charge in [-0.05, 0) is 32.1 Å². The van der Waals surface area contributed by atoms with E-state index in [1.54, 1.807) is 0 Å². The van der Waals surface area contributed by atoms with Gasteiger partial charge in [0.25, 0.3) is 0 Å². The Morgan fingerprint density at radius 1 is 1.00 bits per heavy atom. The fraction of sp³-hybridized carbons (Fsp3) is 1.00. The molecule has 2 nitrogen and oxygen atoms in total. The van der Waals surface area contributed by atoms with Crippen molar-refractivity contribution in [2.45, 2.75) is 46.2 Å². The van der Waals surface area contributed by atoms with E-state index >= 15 is 0 Å². The van der Waals surface area contributed by atoms with Crippen molar-refractivity contribution in [3.05, 3.63) is 0 Å². The maximum absolute atomic E-state index is 5.77. The highest BCUT2D eigenvalue weighted by Gasteiger charge is 2.16. The van der Waals surface area contributed by atoms with Gasteiger partial charge in [0.1, 0.15) is 0 Å². The molecule has 11 heavy (non-hydrogen) atoms. The van der Waals surface area contributed by atoms with E-state index in [1.165, 1.54) is 0 Å². The Bertz CT molecular complexity index is 99.7. The smallest absolute Gasteiger partial charge is 0.00386 e. The van der Waals surface area contributed by atoms with E-state index in [9.17, 15) is 0 Å². The van der Waals surface area contributed by atoms with Gasteiger partial charge in [0.2, 0.25) is 0 Å². The standard InChI is InChI=1S/C9H22N2/c1-6(5-7(2)10)8(3)9(4)11/h6-9H,5,10-11H2,1-4H3. The zero-order valence-corrected chi connectivity index (χ0v) is 8.17. The van der Waals surface area contributed by atoms with Gasteiger partial charge in [-0.1, -0.05) is 13.8 Å². The van der Waals surface area contributed by atoms with Crippen LogP contribution < -0.4 is 11.5 Å². The van der Waals surface area contributed by atoms with Crippen molar-refractivity contribution >= 4 is 0 Å². The van der Waals surface area contributed by atoms with Crippen LogP contribution in [0.1, 0.15) is 34.1 Å². The van der Waals surface area contributed by atoms with Gasteiger partial charge in [-0.2, -0.15) is 0 Å². The van der Waals surface area contributed by atoms with Crippen LogP contribution in [0.3, 0.4) is 0 Å². The molecule has 4 unspecified atom stereocenters. The first-order valence-corrected chi connectivity index (χ1v) is 4.46. The molecule has 0 aliphatic heterocycles. The SMILES string of the molecule is CC(N)CC(C)C(C)C(C)N. The van der Waals surface area contributed by atoms with Gasteiger partial charge in [0, 0.05) is 12.1 Å². The second kappa shape index (κ2) is 4.73. The van der Waals surface area contributed by atoms with Crippen LogP contribution in [0.2, 0.25) is 0 Å². The highest BCUT2D eigenvalue weighted by atomic mass is 14.6. The van der Waals surface area contributed by atoms with Gasteiger partial charge >= 0.3 is 0 Å². The van der Waals surface area contributed by atoms with Crippen LogP contribution in [0.25, 0.3) is 0 Å². The fourth-order valence-corrected chi connectivity index (χ4v) is 1.32. The fourth-order valence-electron chi connectivity index (χ4n) is 1.32. The number of nitrogens with two attached hydrogens (primary N) is 2. The third kappa shape index (κ3) is 4.38. The molecule has 0 radical (unpaired) electrons. The first-order valence-electron chi connectivity index (χ1n) is 4.46. The van der Waals surface area contributed by atoms with Gasteiger partial charge in [-0.3, -0.25) is 0 Å². The predicted molar refractivity (Wildman–Crippen MR) is 50.2 cm³/mol. The monoisotopic (exact) mass is 158 g/mol. The molecule has 0 aromatic heterocycles. The molecule has 0 aliphatic carbocycles. The Morgan fingerprint density at radius 3 is 1.73 bits per heavy atom. The van der Waals surface area contributed by atoms with E-state index in [-0.39, 0.29) is 6.04 Å². The summed E-state index contributed by atoms with van der Waals surface area (Å²) < 4.78 is 0. The lowest BCUT2D eigenvalue weighted by Crippen LogP contribution is -2.32. The van der Waals surface area contributed by atoms with Crippen LogP contribution in [0.5, 0.6) is 0 Å². The Hall–Kier alpha value is -0.0800. The van der Waals surface area contributed by atoms with Crippen LogP contribution in [0.4, 0.5) is 0 Å². The second-order valence-corrected chi connectivity index (χ2v) is 3.91. The number of hydrogen-bond acceptors (Lipinski definition) is 2. The van der Waals surface area contributed by atoms with Gasteiger partial charge in [0.05, 0.1) is 0 Å². The molecule has 0 fully saturated rings. The highest BCUT2D eigenvalue weighted by molar-refractivity contribution is 4.72. The number of rotatable bonds is 4. The minimum absolute atomic E-state index is 0.281. The summed E-state index contributed by atoms with van der Waals surface area (Å²) in [5.41, 5.74) is 11.5. The van der Waals surface area contributed by atoms with E-state index in [2.05, 4.69) is 20.8 Å². The van der Waals surface area contributed by atoms with Crippen molar-refractivity contribution in [1.29, 1.82) is 0 Å². The van der Waals surface area contributed by atoms with Crippen molar-refractivity contribution < 1.29 is 0 Å². The minimum atomic E-state index is 0.281. The molecule has 4 atom stereocenters. The molecule has 0 amide bonds. The molecule has 0 saturated carbocycles. The van der Waals surface area contributed by atoms with Crippen molar-refractivity contribution in [2.75, 3.05) is 0 Å². The van der Waals surface area contributed by atoms with E-state index in [0.29, 0.717) is 17.9 Å². The van der Waals surface area contributed by atoms with Crippen LogP contribution in [0.15, 0.2) is 0 Å². The molecule has 0 aromatic rings. The van der Waals surface area contributed by atoms with Crippen molar-refractivity contribution in [2.24, 2.45) is 23.3 Å². The molecule has 0 rings (SSSR count). The normalized spacial score (nSPS) is 22.4. The van der Waals surface area contributed by atoms with Gasteiger partial charge in [0.15, 0.2) is 0 Å². The molecule has 2 heteroatoms. The molecule has 0 heterocycles. The molecule has 0 saturated heterocycles. The third-order valence-corrected chi connectivity index (χ3v) is 2.47. The molecular weight excluding hydrogens is 136 g/mol. The van der Waals surface area contributed by atoms with Crippen LogP contribution in [-0.2, 0) is 0 Å². The quantitative estimate of drug-likeness (QED) is 0.648. The summed E-state index contributed by atoms with van der Waals surface area (Å²) in [6.07, 6.45) is 1.07. The Labute approximate surface area is 70.3 Å². The summed E-state index contributed by atoms with van der Waals surface area (Å²) in [6, 6.07) is 0.579. The zero-order valence-electron chi connectivity index (χ0n) is 8.17. The lowest BCUT2D eigenvalue weighted by atomic mass is 9.86. The minimum Gasteiger partial charge on any atom is -0.328 e. The van der Waals surface area contributed by atoms with Gasteiger partial charge in [-0.25, -0.2) is 0 Å². The summed E-state index contributed by atoms with van der Waals surface area (Å²) in [5, 5.41) is 0. The Balaban J connectivity index is 3.73. The lowest BCUT2D eigenvalue weighted by molar-refractivity contribution is 0.306. The maximum Gasteiger partial charge on any atom is 0.00386 e. The molecular formula is C9H22N2. The van der Waals surface area contributed by atoms with Crippen molar-refractivity contribution in [3.63, 3.8) is 0 Å². The molecule has 0 aromatic carbocycles. The first kappa shape index (κ1) is 10.9. The molecule has 0 aliphatic rings. The summed E-state index contributed by atoms with van der Waals surface area (Å²) in [7, 11) is 0. The molecule has 0 bridgehead atoms. The van der Waals surface area contributed by atoms with E-state index in [0.717, 1.165) is 6.42 Å². The number of hydrogen-bond donors (Lipinski definition) is 2. The van der Waals surface area contributed by atoms with Crippen LogP contribution >= 0.6 is 0 Å². The van der Waals surface area contributed by atoms with E-state index in [4.69, 9.17) is 11.5 Å². The molecule has 68 valence electrons. The highest BCUT2D eigenvalue weighted by Crippen LogP contribution is 2.18. The third-order valence-electron chi connectivity index (χ3n) is 2.47. The Morgan fingerprint density at radius 2 is 1.45 bits per heavy atom. The average molecular weight is 158 g/mol. The zero-order chi connectivity index (χ0) is 9.02. The van der Waals surface area contributed by atoms with Crippen molar-refractivity contribution in [3.8, 4) is 0 Å².